The third kappa shape index (κ3) is 3.54. The van der Waals surface area contributed by atoms with Crippen molar-refractivity contribution < 1.29 is 23.8 Å². The van der Waals surface area contributed by atoms with E-state index in [4.69, 9.17) is 14.2 Å². The molecule has 1 fully saturated rings. The number of carbonyl (C=O) groups is 2. The van der Waals surface area contributed by atoms with E-state index < -0.39 is 6.29 Å². The highest BCUT2D eigenvalue weighted by atomic mass is 16.7. The van der Waals surface area contributed by atoms with Crippen LogP contribution in [0.1, 0.15) is 66.2 Å². The van der Waals surface area contributed by atoms with Crippen molar-refractivity contribution in [1.29, 1.82) is 0 Å². The molecule has 0 aromatic heterocycles. The van der Waals surface area contributed by atoms with Crippen LogP contribution in [-0.2, 0) is 23.8 Å². The van der Waals surface area contributed by atoms with Gasteiger partial charge in [0.05, 0.1) is 7.11 Å². The largest absolute Gasteiger partial charge is 0.466 e. The van der Waals surface area contributed by atoms with Crippen molar-refractivity contribution in [3.05, 3.63) is 23.3 Å². The Bertz CT molecular complexity index is 693. The van der Waals surface area contributed by atoms with Gasteiger partial charge >= 0.3 is 11.9 Å². The molecule has 0 aromatic rings. The van der Waals surface area contributed by atoms with Crippen LogP contribution in [0.5, 0.6) is 0 Å². The predicted molar refractivity (Wildman–Crippen MR) is 106 cm³/mol. The molecule has 0 spiro atoms. The molecule has 0 aromatic carbocycles. The number of rotatable bonds is 6. The molecule has 1 saturated carbocycles. The molecule has 5 atom stereocenters. The van der Waals surface area contributed by atoms with Crippen molar-refractivity contribution in [2.75, 3.05) is 13.7 Å². The van der Waals surface area contributed by atoms with Crippen LogP contribution in [0, 0.1) is 22.7 Å². The van der Waals surface area contributed by atoms with E-state index in [9.17, 15) is 9.59 Å². The zero-order valence-corrected chi connectivity index (χ0v) is 17.9. The van der Waals surface area contributed by atoms with Gasteiger partial charge in [-0.3, -0.25) is 0 Å². The molecule has 3 rings (SSSR count). The molecule has 156 valence electrons. The Morgan fingerprint density at radius 3 is 2.75 bits per heavy atom. The lowest BCUT2D eigenvalue weighted by Gasteiger charge is -2.57. The first-order chi connectivity index (χ1) is 13.3. The van der Waals surface area contributed by atoms with E-state index >= 15 is 0 Å². The molecule has 5 unspecified atom stereocenters. The van der Waals surface area contributed by atoms with Gasteiger partial charge in [-0.05, 0) is 62.7 Å². The number of hydrogen-bond acceptors (Lipinski definition) is 5. The third-order valence-corrected chi connectivity index (χ3v) is 7.71. The van der Waals surface area contributed by atoms with Crippen molar-refractivity contribution >= 4 is 11.9 Å². The van der Waals surface area contributed by atoms with Gasteiger partial charge in [0.25, 0.3) is 0 Å². The molecule has 0 amide bonds. The van der Waals surface area contributed by atoms with Crippen molar-refractivity contribution in [2.24, 2.45) is 22.7 Å². The number of esters is 2. The van der Waals surface area contributed by atoms with E-state index in [1.165, 1.54) is 7.11 Å². The zero-order chi connectivity index (χ0) is 20.5. The smallest absolute Gasteiger partial charge is 0.333 e. The van der Waals surface area contributed by atoms with Crippen LogP contribution in [0.25, 0.3) is 0 Å². The normalized spacial score (nSPS) is 37.6. The molecule has 0 bridgehead atoms. The molecule has 0 radical (unpaired) electrons. The van der Waals surface area contributed by atoms with Gasteiger partial charge < -0.3 is 14.2 Å². The van der Waals surface area contributed by atoms with Gasteiger partial charge in [0.15, 0.2) is 0 Å². The molecule has 1 heterocycles. The first-order valence-corrected chi connectivity index (χ1v) is 10.6. The maximum absolute atomic E-state index is 12.5. The van der Waals surface area contributed by atoms with E-state index in [0.29, 0.717) is 18.4 Å². The predicted octanol–water partition coefficient (Wildman–Crippen LogP) is 4.56. The SMILES string of the molecule is CCOC1OC(=O)C=C1CCC1(C)C(C)CCC2(C)C(C(=O)OC)=CCCC21. The number of cyclic esters (lactones) is 1. The summed E-state index contributed by atoms with van der Waals surface area (Å²) in [5.41, 5.74) is 1.72. The molecular formula is C23H34O5. The lowest BCUT2D eigenvalue weighted by molar-refractivity contribution is -0.158. The summed E-state index contributed by atoms with van der Waals surface area (Å²) in [6, 6.07) is 0. The lowest BCUT2D eigenvalue weighted by Crippen LogP contribution is -2.51. The molecule has 1 aliphatic heterocycles. The molecule has 0 N–H and O–H groups in total. The number of allylic oxidation sites excluding steroid dienone is 1. The van der Waals surface area contributed by atoms with Crippen LogP contribution >= 0.6 is 0 Å². The fourth-order valence-corrected chi connectivity index (χ4v) is 5.87. The highest BCUT2D eigenvalue weighted by molar-refractivity contribution is 5.90. The second kappa shape index (κ2) is 8.02. The fourth-order valence-electron chi connectivity index (χ4n) is 5.87. The average molecular weight is 391 g/mol. The molecule has 28 heavy (non-hydrogen) atoms. The van der Waals surface area contributed by atoms with Crippen molar-refractivity contribution in [1.82, 2.24) is 0 Å². The van der Waals surface area contributed by atoms with Crippen LogP contribution in [0.2, 0.25) is 0 Å². The van der Waals surface area contributed by atoms with Crippen LogP contribution in [0.15, 0.2) is 23.3 Å². The Hall–Kier alpha value is -1.62. The quantitative estimate of drug-likeness (QED) is 0.622. The standard InChI is InChI=1S/C23H34O5/c1-6-27-21-16(14-19(24)28-21)11-13-22(3)15(2)10-12-23(4)17(20(25)26-5)8-7-9-18(22)23/h8,14-15,18,21H,6-7,9-13H2,1-5H3. The molecule has 2 aliphatic carbocycles. The Morgan fingerprint density at radius 1 is 1.32 bits per heavy atom. The summed E-state index contributed by atoms with van der Waals surface area (Å²) in [6.07, 6.45) is 8.98. The Balaban J connectivity index is 1.83. The minimum Gasteiger partial charge on any atom is -0.466 e. The number of carbonyl (C=O) groups excluding carboxylic acids is 2. The van der Waals surface area contributed by atoms with E-state index in [-0.39, 0.29) is 22.8 Å². The average Bonchev–Trinajstić information content (AvgIpc) is 3.02. The van der Waals surface area contributed by atoms with E-state index in [1.807, 2.05) is 6.92 Å². The van der Waals surface area contributed by atoms with Gasteiger partial charge in [-0.2, -0.15) is 0 Å². The molecule has 0 saturated heterocycles. The number of fused-ring (bicyclic) bond motifs is 1. The maximum atomic E-state index is 12.5. The summed E-state index contributed by atoms with van der Waals surface area (Å²) >= 11 is 0. The van der Waals surface area contributed by atoms with Crippen molar-refractivity contribution in [3.63, 3.8) is 0 Å². The van der Waals surface area contributed by atoms with Crippen LogP contribution in [0.4, 0.5) is 0 Å². The minimum atomic E-state index is -0.539. The van der Waals surface area contributed by atoms with Crippen molar-refractivity contribution in [2.45, 2.75) is 72.5 Å². The topological polar surface area (TPSA) is 61.8 Å². The van der Waals surface area contributed by atoms with Gasteiger partial charge in [-0.25, -0.2) is 9.59 Å². The third-order valence-electron chi connectivity index (χ3n) is 7.71. The molecular weight excluding hydrogens is 356 g/mol. The van der Waals surface area contributed by atoms with Gasteiger partial charge in [0.1, 0.15) is 0 Å². The molecule has 5 heteroatoms. The van der Waals surface area contributed by atoms with Gasteiger partial charge in [0.2, 0.25) is 6.29 Å². The minimum absolute atomic E-state index is 0.0732. The number of hydrogen-bond donors (Lipinski definition) is 0. The maximum Gasteiger partial charge on any atom is 0.333 e. The molecule has 5 nitrogen and oxygen atoms in total. The Kier molecular flexibility index (Phi) is 6.04. The first kappa shape index (κ1) is 21.1. The van der Waals surface area contributed by atoms with E-state index in [0.717, 1.165) is 49.7 Å². The lowest BCUT2D eigenvalue weighted by atomic mass is 9.46. The summed E-state index contributed by atoms with van der Waals surface area (Å²) in [5, 5.41) is 0. The summed E-state index contributed by atoms with van der Waals surface area (Å²) < 4.78 is 16.0. The first-order valence-electron chi connectivity index (χ1n) is 10.6. The summed E-state index contributed by atoms with van der Waals surface area (Å²) in [6.45, 7) is 9.36. The highest BCUT2D eigenvalue weighted by Crippen LogP contribution is 2.62. The highest BCUT2D eigenvalue weighted by Gasteiger charge is 2.55. The Morgan fingerprint density at radius 2 is 2.07 bits per heavy atom. The van der Waals surface area contributed by atoms with E-state index in [1.54, 1.807) is 6.08 Å². The number of methoxy groups -OCH3 is 1. The Labute approximate surface area is 168 Å². The second-order valence-corrected chi connectivity index (χ2v) is 9.05. The van der Waals surface area contributed by atoms with Crippen molar-refractivity contribution in [3.8, 4) is 0 Å². The van der Waals surface area contributed by atoms with Crippen LogP contribution in [-0.4, -0.2) is 31.9 Å². The monoisotopic (exact) mass is 390 g/mol. The number of ether oxygens (including phenoxy) is 3. The zero-order valence-electron chi connectivity index (χ0n) is 17.9. The van der Waals surface area contributed by atoms with Gasteiger partial charge in [-0.1, -0.05) is 26.8 Å². The second-order valence-electron chi connectivity index (χ2n) is 9.05. The van der Waals surface area contributed by atoms with E-state index in [2.05, 4.69) is 26.8 Å². The van der Waals surface area contributed by atoms with Gasteiger partial charge in [-0.15, -0.1) is 0 Å². The summed E-state index contributed by atoms with van der Waals surface area (Å²) in [4.78, 5) is 24.2. The fraction of sp³-hybridized carbons (Fsp3) is 0.739. The van der Waals surface area contributed by atoms with Crippen LogP contribution < -0.4 is 0 Å². The van der Waals surface area contributed by atoms with Gasteiger partial charge in [0, 0.05) is 29.2 Å². The molecule has 3 aliphatic rings. The summed E-state index contributed by atoms with van der Waals surface area (Å²) in [5.74, 6) is 0.463. The summed E-state index contributed by atoms with van der Waals surface area (Å²) in [7, 11) is 1.47. The van der Waals surface area contributed by atoms with Crippen LogP contribution in [0.3, 0.4) is 0 Å².